The van der Waals surface area contributed by atoms with Gasteiger partial charge in [-0.05, 0) is 24.6 Å². The van der Waals surface area contributed by atoms with E-state index in [1.54, 1.807) is 0 Å². The summed E-state index contributed by atoms with van der Waals surface area (Å²) in [6.07, 6.45) is -4.59. The number of rotatable bonds is 5. The minimum atomic E-state index is -4.59. The summed E-state index contributed by atoms with van der Waals surface area (Å²) in [7, 11) is 0. The lowest BCUT2D eigenvalue weighted by Crippen LogP contribution is -2.52. The van der Waals surface area contributed by atoms with E-state index in [2.05, 4.69) is 10.3 Å². The van der Waals surface area contributed by atoms with Crippen molar-refractivity contribution in [3.63, 3.8) is 0 Å². The highest BCUT2D eigenvalue weighted by Crippen LogP contribution is 2.32. The molecule has 2 rings (SSSR count). The number of carbonyl (C=O) groups is 2. The Hall–Kier alpha value is -2.46. The maximum atomic E-state index is 12.9. The summed E-state index contributed by atoms with van der Waals surface area (Å²) in [5.74, 6) is -1.75. The number of alkyl halides is 3. The molecule has 0 aliphatic heterocycles. The normalized spacial score (nSPS) is 14.0. The molecule has 0 fully saturated rings. The van der Waals surface area contributed by atoms with Gasteiger partial charge in [-0.3, -0.25) is 9.59 Å². The summed E-state index contributed by atoms with van der Waals surface area (Å²) >= 11 is 1.15. The third-order valence-electron chi connectivity index (χ3n) is 3.58. The number of halogens is 3. The lowest BCUT2D eigenvalue weighted by molar-refractivity contribution is -0.137. The SMILES string of the molecule is CC(NC(=O)c1csc(CN)n1)(C(N)=O)c1cccc(C(F)(F)F)c1. The van der Waals surface area contributed by atoms with Crippen LogP contribution >= 0.6 is 11.3 Å². The summed E-state index contributed by atoms with van der Waals surface area (Å²) in [6, 6.07) is 4.06. The molecule has 5 N–H and O–H groups in total. The number of thiazole rings is 1. The largest absolute Gasteiger partial charge is 0.416 e. The quantitative estimate of drug-likeness (QED) is 0.742. The highest BCUT2D eigenvalue weighted by atomic mass is 32.1. The number of nitrogens with two attached hydrogens (primary N) is 2. The van der Waals surface area contributed by atoms with Crippen molar-refractivity contribution in [1.29, 1.82) is 0 Å². The van der Waals surface area contributed by atoms with Crippen LogP contribution < -0.4 is 16.8 Å². The second-order valence-corrected chi connectivity index (χ2v) is 6.30. The van der Waals surface area contributed by atoms with Crippen molar-refractivity contribution in [2.75, 3.05) is 0 Å². The number of amides is 2. The molecule has 134 valence electrons. The Kier molecular flexibility index (Phi) is 5.14. The monoisotopic (exact) mass is 372 g/mol. The van der Waals surface area contributed by atoms with Gasteiger partial charge >= 0.3 is 6.18 Å². The number of hydrogen-bond acceptors (Lipinski definition) is 5. The van der Waals surface area contributed by atoms with Crippen LogP contribution in [0.3, 0.4) is 0 Å². The molecule has 0 spiro atoms. The van der Waals surface area contributed by atoms with Gasteiger partial charge in [0.05, 0.1) is 5.56 Å². The molecule has 0 radical (unpaired) electrons. The predicted octanol–water partition coefficient (Wildman–Crippen LogP) is 1.75. The van der Waals surface area contributed by atoms with Crippen LogP contribution in [-0.4, -0.2) is 16.8 Å². The first-order valence-corrected chi connectivity index (χ1v) is 7.90. The zero-order valence-electron chi connectivity index (χ0n) is 13.1. The van der Waals surface area contributed by atoms with Crippen molar-refractivity contribution >= 4 is 23.2 Å². The Morgan fingerprint density at radius 1 is 1.28 bits per heavy atom. The summed E-state index contributed by atoms with van der Waals surface area (Å²) in [4.78, 5) is 28.2. The Balaban J connectivity index is 2.38. The van der Waals surface area contributed by atoms with Crippen molar-refractivity contribution < 1.29 is 22.8 Å². The minimum absolute atomic E-state index is 0.00454. The number of nitrogens with one attached hydrogen (secondary N) is 1. The number of nitrogens with zero attached hydrogens (tertiary/aromatic N) is 1. The first-order valence-electron chi connectivity index (χ1n) is 7.02. The molecular weight excluding hydrogens is 357 g/mol. The van der Waals surface area contributed by atoms with Gasteiger partial charge < -0.3 is 16.8 Å². The minimum Gasteiger partial charge on any atom is -0.367 e. The van der Waals surface area contributed by atoms with Crippen LogP contribution in [0, 0.1) is 0 Å². The van der Waals surface area contributed by atoms with Gasteiger partial charge in [0.25, 0.3) is 5.91 Å². The van der Waals surface area contributed by atoms with Gasteiger partial charge in [-0.1, -0.05) is 12.1 Å². The molecule has 6 nitrogen and oxygen atoms in total. The smallest absolute Gasteiger partial charge is 0.367 e. The predicted molar refractivity (Wildman–Crippen MR) is 85.5 cm³/mol. The van der Waals surface area contributed by atoms with Crippen LogP contribution in [-0.2, 0) is 23.1 Å². The van der Waals surface area contributed by atoms with Crippen molar-refractivity contribution in [2.45, 2.75) is 25.2 Å². The molecule has 1 atom stereocenters. The number of primary amides is 1. The first kappa shape index (κ1) is 18.9. The van der Waals surface area contributed by atoms with Gasteiger partial charge in [-0.25, -0.2) is 4.98 Å². The van der Waals surface area contributed by atoms with Crippen molar-refractivity contribution in [1.82, 2.24) is 10.3 Å². The number of carbonyl (C=O) groups excluding carboxylic acids is 2. The van der Waals surface area contributed by atoms with Crippen molar-refractivity contribution in [3.8, 4) is 0 Å². The molecule has 1 aromatic heterocycles. The molecule has 0 bridgehead atoms. The summed E-state index contributed by atoms with van der Waals surface area (Å²) in [6.45, 7) is 1.37. The summed E-state index contributed by atoms with van der Waals surface area (Å²) in [5.41, 5.74) is 7.89. The zero-order valence-corrected chi connectivity index (χ0v) is 13.9. The van der Waals surface area contributed by atoms with E-state index in [0.29, 0.717) is 5.01 Å². The second-order valence-electron chi connectivity index (χ2n) is 5.35. The molecule has 25 heavy (non-hydrogen) atoms. The molecule has 1 aromatic carbocycles. The third-order valence-corrected chi connectivity index (χ3v) is 4.45. The standard InChI is InChI=1S/C15H15F3N4O2S/c1-14(13(20)24,8-3-2-4-9(5-8)15(16,17)18)22-12(23)10-7-25-11(6-19)21-10/h2-5,7H,6,19H2,1H3,(H2,20,24)(H,22,23). The Labute approximate surface area is 145 Å². The highest BCUT2D eigenvalue weighted by molar-refractivity contribution is 7.09. The van der Waals surface area contributed by atoms with E-state index in [4.69, 9.17) is 11.5 Å². The average molecular weight is 372 g/mol. The van der Waals surface area contributed by atoms with E-state index in [-0.39, 0.29) is 17.8 Å². The fourth-order valence-electron chi connectivity index (χ4n) is 2.08. The van der Waals surface area contributed by atoms with E-state index in [0.717, 1.165) is 29.5 Å². The molecular formula is C15H15F3N4O2S. The van der Waals surface area contributed by atoms with Crippen LogP contribution in [0.2, 0.25) is 0 Å². The molecule has 0 saturated carbocycles. The van der Waals surface area contributed by atoms with Gasteiger partial charge in [-0.15, -0.1) is 11.3 Å². The molecule has 1 heterocycles. The average Bonchev–Trinajstić information content (AvgIpc) is 3.03. The van der Waals surface area contributed by atoms with E-state index in [1.165, 1.54) is 18.4 Å². The van der Waals surface area contributed by atoms with Crippen molar-refractivity contribution in [2.24, 2.45) is 11.5 Å². The second kappa shape index (κ2) is 6.81. The number of benzene rings is 1. The Morgan fingerprint density at radius 2 is 1.92 bits per heavy atom. The number of hydrogen-bond donors (Lipinski definition) is 3. The lowest BCUT2D eigenvalue weighted by Gasteiger charge is -2.28. The summed E-state index contributed by atoms with van der Waals surface area (Å²) < 4.78 is 38.7. The molecule has 2 aromatic rings. The Morgan fingerprint density at radius 3 is 2.44 bits per heavy atom. The highest BCUT2D eigenvalue weighted by Gasteiger charge is 2.38. The van der Waals surface area contributed by atoms with E-state index < -0.39 is 29.1 Å². The fourth-order valence-corrected chi connectivity index (χ4v) is 2.74. The maximum Gasteiger partial charge on any atom is 0.416 e. The van der Waals surface area contributed by atoms with E-state index in [1.807, 2.05) is 0 Å². The van der Waals surface area contributed by atoms with Crippen LogP contribution in [0.25, 0.3) is 0 Å². The van der Waals surface area contributed by atoms with Crippen LogP contribution in [0.1, 0.15) is 33.5 Å². The van der Waals surface area contributed by atoms with Crippen LogP contribution in [0.15, 0.2) is 29.6 Å². The lowest BCUT2D eigenvalue weighted by atomic mass is 9.89. The van der Waals surface area contributed by atoms with Gasteiger partial charge in [-0.2, -0.15) is 13.2 Å². The van der Waals surface area contributed by atoms with Gasteiger partial charge in [0.15, 0.2) is 0 Å². The summed E-state index contributed by atoms with van der Waals surface area (Å²) in [5, 5.41) is 4.30. The topological polar surface area (TPSA) is 111 Å². The first-order chi connectivity index (χ1) is 11.6. The zero-order chi connectivity index (χ0) is 18.8. The molecule has 1 unspecified atom stereocenters. The third kappa shape index (κ3) is 3.97. The molecule has 0 aliphatic carbocycles. The number of aromatic nitrogens is 1. The van der Waals surface area contributed by atoms with E-state index in [9.17, 15) is 22.8 Å². The molecule has 0 aliphatic rings. The molecule has 2 amide bonds. The van der Waals surface area contributed by atoms with Gasteiger partial charge in [0.1, 0.15) is 16.2 Å². The van der Waals surface area contributed by atoms with Gasteiger partial charge in [0, 0.05) is 11.9 Å². The fraction of sp³-hybridized carbons (Fsp3) is 0.267. The van der Waals surface area contributed by atoms with Crippen molar-refractivity contribution in [3.05, 3.63) is 51.5 Å². The van der Waals surface area contributed by atoms with Crippen LogP contribution in [0.5, 0.6) is 0 Å². The maximum absolute atomic E-state index is 12.9. The van der Waals surface area contributed by atoms with E-state index >= 15 is 0 Å². The van der Waals surface area contributed by atoms with Gasteiger partial charge in [0.2, 0.25) is 5.91 Å². The van der Waals surface area contributed by atoms with Crippen LogP contribution in [0.4, 0.5) is 13.2 Å². The molecule has 0 saturated heterocycles. The Bertz CT molecular complexity index is 806. The molecule has 10 heteroatoms.